The van der Waals surface area contributed by atoms with Gasteiger partial charge < -0.3 is 14.6 Å². The molecule has 2 fully saturated rings. The Balaban J connectivity index is 1.56. The summed E-state index contributed by atoms with van der Waals surface area (Å²) in [5.74, 6) is 0.553. The van der Waals surface area contributed by atoms with Crippen LogP contribution in [0.15, 0.2) is 47.1 Å². The molecule has 152 valence electrons. The molecule has 5 heteroatoms. The van der Waals surface area contributed by atoms with Crippen LogP contribution in [-0.2, 0) is 11.3 Å². The summed E-state index contributed by atoms with van der Waals surface area (Å²) in [4.78, 5) is 29.4. The van der Waals surface area contributed by atoms with Gasteiger partial charge in [0.2, 0.25) is 5.91 Å². The van der Waals surface area contributed by atoms with E-state index in [0.29, 0.717) is 12.1 Å². The van der Waals surface area contributed by atoms with E-state index < -0.39 is 5.54 Å². The predicted octanol–water partition coefficient (Wildman–Crippen LogP) is 4.39. The van der Waals surface area contributed by atoms with E-state index in [0.717, 1.165) is 49.8 Å². The van der Waals surface area contributed by atoms with Gasteiger partial charge in [0.05, 0.1) is 24.3 Å². The van der Waals surface area contributed by atoms with Gasteiger partial charge in [-0.3, -0.25) is 9.59 Å². The lowest BCUT2D eigenvalue weighted by molar-refractivity contribution is -0.127. The molecule has 0 unspecified atom stereocenters. The molecule has 0 radical (unpaired) electrons. The van der Waals surface area contributed by atoms with Crippen molar-refractivity contribution in [2.75, 3.05) is 0 Å². The molecule has 1 spiro atoms. The number of nitrogens with one attached hydrogen (secondary N) is 1. The Labute approximate surface area is 171 Å². The number of carbonyl (C=O) groups excluding carboxylic acids is 2. The number of hydrogen-bond donors (Lipinski definition) is 1. The first kappa shape index (κ1) is 18.5. The van der Waals surface area contributed by atoms with Gasteiger partial charge in [-0.1, -0.05) is 43.9 Å². The standard InChI is InChI=1S/C24H28N2O3/c27-22(25-16-18-10-7-15-29-18)21-19-11-3-4-12-20(19)23(28)26(17-8-1-2-9-17)24(21)13-5-6-14-24/h3-4,7,10-12,15,17,21H,1-2,5-6,8-9,13-14,16H2,(H,25,27)/t21-/m1/s1. The fourth-order valence-electron chi connectivity index (χ4n) is 5.99. The van der Waals surface area contributed by atoms with Gasteiger partial charge in [-0.15, -0.1) is 0 Å². The smallest absolute Gasteiger partial charge is 0.254 e. The predicted molar refractivity (Wildman–Crippen MR) is 109 cm³/mol. The van der Waals surface area contributed by atoms with Crippen LogP contribution in [0.5, 0.6) is 0 Å². The Bertz CT molecular complexity index is 893. The van der Waals surface area contributed by atoms with E-state index in [9.17, 15) is 9.59 Å². The summed E-state index contributed by atoms with van der Waals surface area (Å²) in [5, 5.41) is 3.10. The van der Waals surface area contributed by atoms with Gasteiger partial charge in [0.1, 0.15) is 5.76 Å². The summed E-state index contributed by atoms with van der Waals surface area (Å²) in [7, 11) is 0. The number of benzene rings is 1. The number of carbonyl (C=O) groups is 2. The van der Waals surface area contributed by atoms with Gasteiger partial charge in [0.25, 0.3) is 5.91 Å². The van der Waals surface area contributed by atoms with Crippen LogP contribution in [0.2, 0.25) is 0 Å². The zero-order valence-electron chi connectivity index (χ0n) is 16.7. The first-order chi connectivity index (χ1) is 14.2. The molecule has 29 heavy (non-hydrogen) atoms. The lowest BCUT2D eigenvalue weighted by Gasteiger charge is -2.52. The molecule has 2 heterocycles. The topological polar surface area (TPSA) is 62.6 Å². The van der Waals surface area contributed by atoms with Crippen molar-refractivity contribution in [1.29, 1.82) is 0 Å². The van der Waals surface area contributed by atoms with Crippen molar-refractivity contribution in [2.24, 2.45) is 0 Å². The van der Waals surface area contributed by atoms with Gasteiger partial charge in [-0.05, 0) is 49.4 Å². The van der Waals surface area contributed by atoms with E-state index in [4.69, 9.17) is 4.42 Å². The molecule has 2 amide bonds. The number of furan rings is 1. The molecule has 5 nitrogen and oxygen atoms in total. The summed E-state index contributed by atoms with van der Waals surface area (Å²) in [6.45, 7) is 0.373. The van der Waals surface area contributed by atoms with Crippen molar-refractivity contribution < 1.29 is 14.0 Å². The summed E-state index contributed by atoms with van der Waals surface area (Å²) >= 11 is 0. The quantitative estimate of drug-likeness (QED) is 0.839. The molecule has 1 N–H and O–H groups in total. The number of nitrogens with zero attached hydrogens (tertiary/aromatic N) is 1. The molecule has 3 aliphatic rings. The van der Waals surface area contributed by atoms with E-state index in [-0.39, 0.29) is 23.8 Å². The fraction of sp³-hybridized carbons (Fsp3) is 0.500. The number of amides is 2. The lowest BCUT2D eigenvalue weighted by atomic mass is 9.70. The molecule has 0 saturated heterocycles. The van der Waals surface area contributed by atoms with Crippen molar-refractivity contribution >= 4 is 11.8 Å². The second-order valence-electron chi connectivity index (χ2n) is 8.74. The normalized spacial score (nSPS) is 23.5. The van der Waals surface area contributed by atoms with Crippen LogP contribution < -0.4 is 5.32 Å². The van der Waals surface area contributed by atoms with Crippen molar-refractivity contribution in [3.8, 4) is 0 Å². The minimum Gasteiger partial charge on any atom is -0.467 e. The molecule has 2 saturated carbocycles. The summed E-state index contributed by atoms with van der Waals surface area (Å²) in [6, 6.07) is 11.7. The molecule has 1 atom stereocenters. The molecular formula is C24H28N2O3. The largest absolute Gasteiger partial charge is 0.467 e. The third-order valence-electron chi connectivity index (χ3n) is 7.18. The van der Waals surface area contributed by atoms with E-state index in [2.05, 4.69) is 10.2 Å². The maximum absolute atomic E-state index is 13.7. The first-order valence-electron chi connectivity index (χ1n) is 10.9. The van der Waals surface area contributed by atoms with Gasteiger partial charge in [0.15, 0.2) is 0 Å². The van der Waals surface area contributed by atoms with E-state index in [1.54, 1.807) is 6.26 Å². The van der Waals surface area contributed by atoms with Crippen molar-refractivity contribution in [2.45, 2.75) is 75.4 Å². The van der Waals surface area contributed by atoms with Gasteiger partial charge in [0, 0.05) is 11.6 Å². The van der Waals surface area contributed by atoms with Crippen LogP contribution in [0.25, 0.3) is 0 Å². The van der Waals surface area contributed by atoms with E-state index in [1.165, 1.54) is 12.8 Å². The molecule has 1 aromatic heterocycles. The Morgan fingerprint density at radius 1 is 1.07 bits per heavy atom. The van der Waals surface area contributed by atoms with Crippen molar-refractivity contribution in [1.82, 2.24) is 10.2 Å². The Hall–Kier alpha value is -2.56. The zero-order valence-corrected chi connectivity index (χ0v) is 16.7. The van der Waals surface area contributed by atoms with Crippen molar-refractivity contribution in [3.05, 3.63) is 59.5 Å². The lowest BCUT2D eigenvalue weighted by Crippen LogP contribution is -2.63. The fourth-order valence-corrected chi connectivity index (χ4v) is 5.99. The third-order valence-corrected chi connectivity index (χ3v) is 7.18. The molecule has 2 aromatic rings. The average molecular weight is 392 g/mol. The third kappa shape index (κ3) is 2.98. The maximum atomic E-state index is 13.7. The summed E-state index contributed by atoms with van der Waals surface area (Å²) < 4.78 is 5.40. The van der Waals surface area contributed by atoms with Crippen LogP contribution in [0, 0.1) is 0 Å². The Morgan fingerprint density at radius 2 is 1.83 bits per heavy atom. The number of rotatable bonds is 4. The SMILES string of the molecule is O=C(NCc1ccco1)[C@H]1c2ccccc2C(=O)N(C2CCCC2)C12CCCC2. The highest BCUT2D eigenvalue weighted by Crippen LogP contribution is 2.52. The minimum absolute atomic E-state index is 0.00578. The molecule has 5 rings (SSSR count). The highest BCUT2D eigenvalue weighted by molar-refractivity contribution is 6.02. The molecular weight excluding hydrogens is 364 g/mol. The highest BCUT2D eigenvalue weighted by atomic mass is 16.3. The van der Waals surface area contributed by atoms with E-state index in [1.807, 2.05) is 36.4 Å². The maximum Gasteiger partial charge on any atom is 0.254 e. The van der Waals surface area contributed by atoms with E-state index >= 15 is 0 Å². The summed E-state index contributed by atoms with van der Waals surface area (Å²) in [5.41, 5.74) is 1.20. The Kier molecular flexibility index (Phi) is 4.69. The second-order valence-corrected chi connectivity index (χ2v) is 8.74. The summed E-state index contributed by atoms with van der Waals surface area (Å²) in [6.07, 6.45) is 10.0. The number of fused-ring (bicyclic) bond motifs is 1. The van der Waals surface area contributed by atoms with Crippen LogP contribution in [-0.4, -0.2) is 28.3 Å². The van der Waals surface area contributed by atoms with Crippen molar-refractivity contribution in [3.63, 3.8) is 0 Å². The van der Waals surface area contributed by atoms with Gasteiger partial charge in [-0.25, -0.2) is 0 Å². The second kappa shape index (κ2) is 7.36. The first-order valence-corrected chi connectivity index (χ1v) is 10.9. The Morgan fingerprint density at radius 3 is 2.55 bits per heavy atom. The monoisotopic (exact) mass is 392 g/mol. The van der Waals surface area contributed by atoms with Crippen LogP contribution in [0.4, 0.5) is 0 Å². The van der Waals surface area contributed by atoms with Crippen LogP contribution in [0.3, 0.4) is 0 Å². The van der Waals surface area contributed by atoms with Gasteiger partial charge in [-0.2, -0.15) is 0 Å². The molecule has 1 aliphatic heterocycles. The average Bonchev–Trinajstić information content (AvgIpc) is 3.50. The molecule has 0 bridgehead atoms. The van der Waals surface area contributed by atoms with Gasteiger partial charge >= 0.3 is 0 Å². The highest BCUT2D eigenvalue weighted by Gasteiger charge is 2.57. The molecule has 1 aromatic carbocycles. The van der Waals surface area contributed by atoms with Crippen LogP contribution in [0.1, 0.15) is 79.0 Å². The zero-order chi connectivity index (χ0) is 19.8. The minimum atomic E-state index is -0.395. The molecule has 2 aliphatic carbocycles. The number of hydrogen-bond acceptors (Lipinski definition) is 3. The van der Waals surface area contributed by atoms with Crippen LogP contribution >= 0.6 is 0 Å².